The zero-order valence-corrected chi connectivity index (χ0v) is 15.3. The van der Waals surface area contributed by atoms with Crippen molar-refractivity contribution in [3.8, 4) is 0 Å². The molecule has 3 aromatic rings. The number of rotatable bonds is 5. The van der Waals surface area contributed by atoms with Crippen LogP contribution in [0.4, 0.5) is 5.69 Å². The van der Waals surface area contributed by atoms with E-state index >= 15 is 0 Å². The molecule has 0 radical (unpaired) electrons. The average Bonchev–Trinajstić information content (AvgIpc) is 3.28. The third-order valence-electron chi connectivity index (χ3n) is 5.73. The molecule has 0 amide bonds. The van der Waals surface area contributed by atoms with Gasteiger partial charge in [0.25, 0.3) is 0 Å². The van der Waals surface area contributed by atoms with Crippen molar-refractivity contribution in [3.63, 3.8) is 0 Å². The normalized spacial score (nSPS) is 19.9. The third kappa shape index (κ3) is 3.38. The summed E-state index contributed by atoms with van der Waals surface area (Å²) in [6.07, 6.45) is 5.67. The first-order valence-electron chi connectivity index (χ1n) is 9.45. The molecular formula is C23H25N3. The molecule has 0 saturated heterocycles. The largest absolute Gasteiger partial charge is 0.372 e. The molecule has 132 valence electrons. The van der Waals surface area contributed by atoms with E-state index in [4.69, 9.17) is 6.57 Å². The van der Waals surface area contributed by atoms with Gasteiger partial charge in [-0.15, -0.1) is 0 Å². The van der Waals surface area contributed by atoms with E-state index in [1.54, 1.807) is 0 Å². The van der Waals surface area contributed by atoms with Crippen molar-refractivity contribution in [3.05, 3.63) is 77.3 Å². The second-order valence-corrected chi connectivity index (χ2v) is 7.57. The van der Waals surface area contributed by atoms with Gasteiger partial charge in [0, 0.05) is 30.2 Å². The maximum Gasteiger partial charge on any atom is 0.211 e. The number of fused-ring (bicyclic) bond motifs is 1. The van der Waals surface area contributed by atoms with Crippen molar-refractivity contribution >= 4 is 16.6 Å². The Kier molecular flexibility index (Phi) is 4.77. The Morgan fingerprint density at radius 1 is 1.15 bits per heavy atom. The van der Waals surface area contributed by atoms with Crippen LogP contribution in [0.25, 0.3) is 15.7 Å². The van der Waals surface area contributed by atoms with Gasteiger partial charge in [0.05, 0.1) is 6.57 Å². The molecule has 0 aliphatic heterocycles. The van der Waals surface area contributed by atoms with Crippen LogP contribution < -0.4 is 0 Å². The zero-order valence-electron chi connectivity index (χ0n) is 15.3. The van der Waals surface area contributed by atoms with Crippen LogP contribution in [-0.4, -0.2) is 23.5 Å². The molecule has 2 atom stereocenters. The number of aromatic amines is 1. The Hall–Kier alpha value is -2.57. The van der Waals surface area contributed by atoms with Crippen LogP contribution in [0.2, 0.25) is 0 Å². The predicted molar refractivity (Wildman–Crippen MR) is 107 cm³/mol. The molecule has 1 aliphatic rings. The Labute approximate surface area is 155 Å². The average molecular weight is 343 g/mol. The SMILES string of the molecule is [C-]#[N+]c1c[nH]c2ccc(C3CCCC3CN(C)Cc3ccccc3)cc12. The molecule has 26 heavy (non-hydrogen) atoms. The topological polar surface area (TPSA) is 23.4 Å². The Morgan fingerprint density at radius 3 is 2.81 bits per heavy atom. The molecule has 1 aliphatic carbocycles. The van der Waals surface area contributed by atoms with Crippen molar-refractivity contribution in [2.45, 2.75) is 31.7 Å². The minimum Gasteiger partial charge on any atom is -0.372 e. The van der Waals surface area contributed by atoms with E-state index in [0.717, 1.165) is 29.7 Å². The summed E-state index contributed by atoms with van der Waals surface area (Å²) in [4.78, 5) is 9.31. The van der Waals surface area contributed by atoms with Crippen molar-refractivity contribution in [1.29, 1.82) is 0 Å². The molecule has 1 aromatic heterocycles. The van der Waals surface area contributed by atoms with Gasteiger partial charge in [0.2, 0.25) is 5.69 Å². The Balaban J connectivity index is 1.50. The van der Waals surface area contributed by atoms with E-state index in [0.29, 0.717) is 11.8 Å². The molecule has 1 heterocycles. The summed E-state index contributed by atoms with van der Waals surface area (Å²) in [5.41, 5.74) is 4.57. The van der Waals surface area contributed by atoms with Crippen LogP contribution in [-0.2, 0) is 6.54 Å². The van der Waals surface area contributed by atoms with E-state index in [1.165, 1.54) is 30.4 Å². The van der Waals surface area contributed by atoms with Crippen molar-refractivity contribution in [2.75, 3.05) is 13.6 Å². The quantitative estimate of drug-likeness (QED) is 0.587. The highest BCUT2D eigenvalue weighted by atomic mass is 15.1. The van der Waals surface area contributed by atoms with Crippen LogP contribution in [0.15, 0.2) is 54.7 Å². The number of H-pyrrole nitrogens is 1. The van der Waals surface area contributed by atoms with E-state index in [-0.39, 0.29) is 0 Å². The molecule has 3 heteroatoms. The summed E-state index contributed by atoms with van der Waals surface area (Å²) in [7, 11) is 2.23. The molecule has 0 bridgehead atoms. The van der Waals surface area contributed by atoms with Crippen molar-refractivity contribution in [1.82, 2.24) is 9.88 Å². The lowest BCUT2D eigenvalue weighted by Crippen LogP contribution is -2.26. The maximum atomic E-state index is 7.36. The number of aromatic nitrogens is 1. The summed E-state index contributed by atoms with van der Waals surface area (Å²) in [5, 5.41) is 1.07. The lowest BCUT2D eigenvalue weighted by atomic mass is 9.88. The molecular weight excluding hydrogens is 318 g/mol. The fourth-order valence-electron chi connectivity index (χ4n) is 4.50. The van der Waals surface area contributed by atoms with Gasteiger partial charge in [0.1, 0.15) is 0 Å². The van der Waals surface area contributed by atoms with Crippen LogP contribution in [0.1, 0.15) is 36.3 Å². The minimum absolute atomic E-state index is 0.603. The van der Waals surface area contributed by atoms with Gasteiger partial charge in [-0.3, -0.25) is 0 Å². The van der Waals surface area contributed by atoms with E-state index < -0.39 is 0 Å². The highest BCUT2D eigenvalue weighted by molar-refractivity contribution is 5.93. The molecule has 3 nitrogen and oxygen atoms in total. The first-order chi connectivity index (χ1) is 12.7. The number of hydrogen-bond acceptors (Lipinski definition) is 1. The van der Waals surface area contributed by atoms with Crippen LogP contribution in [0.3, 0.4) is 0 Å². The third-order valence-corrected chi connectivity index (χ3v) is 5.73. The first-order valence-corrected chi connectivity index (χ1v) is 9.45. The highest BCUT2D eigenvalue weighted by Crippen LogP contribution is 2.41. The van der Waals surface area contributed by atoms with Gasteiger partial charge in [-0.1, -0.05) is 48.9 Å². The van der Waals surface area contributed by atoms with Gasteiger partial charge in [0.15, 0.2) is 0 Å². The fraction of sp³-hybridized carbons (Fsp3) is 0.348. The standard InChI is InChI=1S/C23H25N3/c1-24-23-14-25-22-12-11-18(13-21(22)23)20-10-6-9-19(20)16-26(2)15-17-7-4-3-5-8-17/h3-5,7-8,11-14,19-20,25H,6,9-10,15-16H2,2H3. The molecule has 1 N–H and O–H groups in total. The maximum absolute atomic E-state index is 7.36. The number of benzene rings is 2. The molecule has 2 aromatic carbocycles. The van der Waals surface area contributed by atoms with Gasteiger partial charge in [-0.05, 0) is 48.9 Å². The van der Waals surface area contributed by atoms with E-state index in [2.05, 4.69) is 70.3 Å². The Bertz CT molecular complexity index is 920. The predicted octanol–water partition coefficient (Wildman–Crippen LogP) is 5.73. The number of nitrogens with zero attached hydrogens (tertiary/aromatic N) is 2. The summed E-state index contributed by atoms with van der Waals surface area (Å²) in [6, 6.07) is 17.4. The summed E-state index contributed by atoms with van der Waals surface area (Å²) >= 11 is 0. The smallest absolute Gasteiger partial charge is 0.211 e. The van der Waals surface area contributed by atoms with Gasteiger partial charge < -0.3 is 9.88 Å². The summed E-state index contributed by atoms with van der Waals surface area (Å²) in [6.45, 7) is 9.49. The monoisotopic (exact) mass is 343 g/mol. The zero-order chi connectivity index (χ0) is 17.9. The van der Waals surface area contributed by atoms with Crippen molar-refractivity contribution in [2.24, 2.45) is 5.92 Å². The van der Waals surface area contributed by atoms with E-state index in [9.17, 15) is 0 Å². The van der Waals surface area contributed by atoms with Gasteiger partial charge >= 0.3 is 0 Å². The van der Waals surface area contributed by atoms with Gasteiger partial charge in [-0.25, -0.2) is 4.85 Å². The van der Waals surface area contributed by atoms with E-state index in [1.807, 2.05) is 6.20 Å². The molecule has 2 unspecified atom stereocenters. The summed E-state index contributed by atoms with van der Waals surface area (Å²) < 4.78 is 0. The first kappa shape index (κ1) is 16.9. The minimum atomic E-state index is 0.603. The lowest BCUT2D eigenvalue weighted by molar-refractivity contribution is 0.258. The van der Waals surface area contributed by atoms with Crippen LogP contribution >= 0.6 is 0 Å². The molecule has 1 saturated carbocycles. The second-order valence-electron chi connectivity index (χ2n) is 7.57. The lowest BCUT2D eigenvalue weighted by Gasteiger charge is -2.26. The molecule has 1 fully saturated rings. The second kappa shape index (κ2) is 7.35. The number of nitrogens with one attached hydrogen (secondary N) is 1. The summed E-state index contributed by atoms with van der Waals surface area (Å²) in [5.74, 6) is 1.29. The molecule has 4 rings (SSSR count). The number of hydrogen-bond donors (Lipinski definition) is 1. The van der Waals surface area contributed by atoms with Gasteiger partial charge in [-0.2, -0.15) is 0 Å². The fourth-order valence-corrected chi connectivity index (χ4v) is 4.50. The van der Waals surface area contributed by atoms with Crippen LogP contribution in [0, 0.1) is 12.5 Å². The highest BCUT2D eigenvalue weighted by Gasteiger charge is 2.29. The van der Waals surface area contributed by atoms with Crippen LogP contribution in [0.5, 0.6) is 0 Å². The van der Waals surface area contributed by atoms with Crippen molar-refractivity contribution < 1.29 is 0 Å². The Morgan fingerprint density at radius 2 is 2.00 bits per heavy atom. The molecule has 0 spiro atoms.